The molecule has 1 amide bonds. The molecule has 6 rings (SSSR count). The van der Waals surface area contributed by atoms with Crippen molar-refractivity contribution < 1.29 is 23.5 Å². The highest BCUT2D eigenvalue weighted by molar-refractivity contribution is 6.20. The Labute approximate surface area is 206 Å². The Kier molecular flexibility index (Phi) is 6.62. The third-order valence-corrected chi connectivity index (χ3v) is 9.66. The fourth-order valence-electron chi connectivity index (χ4n) is 7.92. The number of rotatable bonds is 5. The van der Waals surface area contributed by atoms with Crippen LogP contribution in [0.3, 0.4) is 0 Å². The minimum Gasteiger partial charge on any atom is -0.379 e. The standard InChI is InChI=1S/C26H39FN4O4/c27-19-13-17-23-25(22(19)29-5-6-30-7-9-34-10-8-30)35-21-12-16-4-2-1-3-15(16)11-20(21)31(23)14-18(24(17)32)26(28)33/h14-17,19-23,25,29H,1-13H2,(H2,28,33). The molecular weight excluding hydrogens is 451 g/mol. The lowest BCUT2D eigenvalue weighted by Gasteiger charge is -2.61. The number of nitrogens with zero attached hydrogens (tertiary/aromatic N) is 2. The van der Waals surface area contributed by atoms with E-state index in [0.717, 1.165) is 45.7 Å². The molecule has 9 unspecified atom stereocenters. The van der Waals surface area contributed by atoms with Gasteiger partial charge in [0.15, 0.2) is 5.78 Å². The van der Waals surface area contributed by atoms with E-state index in [9.17, 15) is 9.59 Å². The highest BCUT2D eigenvalue weighted by Crippen LogP contribution is 2.50. The van der Waals surface area contributed by atoms with E-state index >= 15 is 4.39 Å². The van der Waals surface area contributed by atoms with Crippen molar-refractivity contribution in [3.05, 3.63) is 11.8 Å². The van der Waals surface area contributed by atoms with Crippen molar-refractivity contribution in [1.29, 1.82) is 0 Å². The van der Waals surface area contributed by atoms with E-state index < -0.39 is 30.1 Å². The summed E-state index contributed by atoms with van der Waals surface area (Å²) in [4.78, 5) is 30.0. The molecule has 194 valence electrons. The summed E-state index contributed by atoms with van der Waals surface area (Å²) in [6.45, 7) is 4.76. The Morgan fingerprint density at radius 1 is 1.14 bits per heavy atom. The second-order valence-corrected chi connectivity index (χ2v) is 11.5. The van der Waals surface area contributed by atoms with Crippen molar-refractivity contribution in [2.75, 3.05) is 39.4 Å². The first-order valence-electron chi connectivity index (χ1n) is 13.7. The molecule has 3 heterocycles. The lowest BCUT2D eigenvalue weighted by atomic mass is 9.65. The van der Waals surface area contributed by atoms with E-state index in [2.05, 4.69) is 15.1 Å². The normalized spacial score (nSPS) is 43.6. The summed E-state index contributed by atoms with van der Waals surface area (Å²) in [7, 11) is 0. The molecule has 0 aromatic carbocycles. The van der Waals surface area contributed by atoms with Crippen LogP contribution in [0, 0.1) is 17.8 Å². The number of ketones is 1. The Hall–Kier alpha value is -1.55. The van der Waals surface area contributed by atoms with E-state index in [1.54, 1.807) is 6.20 Å². The van der Waals surface area contributed by atoms with Crippen LogP contribution in [0.4, 0.5) is 4.39 Å². The van der Waals surface area contributed by atoms with Crippen LogP contribution in [0.15, 0.2) is 11.8 Å². The molecular formula is C26H39FN4O4. The number of alkyl halides is 1. The number of amides is 1. The number of carbonyl (C=O) groups excluding carboxylic acids is 2. The van der Waals surface area contributed by atoms with Crippen molar-refractivity contribution in [3.63, 3.8) is 0 Å². The average Bonchev–Trinajstić information content (AvgIpc) is 2.86. The van der Waals surface area contributed by atoms with Crippen LogP contribution in [0.5, 0.6) is 0 Å². The zero-order chi connectivity index (χ0) is 24.1. The van der Waals surface area contributed by atoms with Gasteiger partial charge in [0.2, 0.25) is 0 Å². The minimum atomic E-state index is -1.22. The van der Waals surface area contributed by atoms with E-state index in [-0.39, 0.29) is 36.0 Å². The molecule has 9 heteroatoms. The zero-order valence-electron chi connectivity index (χ0n) is 20.4. The quantitative estimate of drug-likeness (QED) is 0.555. The van der Waals surface area contributed by atoms with Gasteiger partial charge >= 0.3 is 0 Å². The number of morpholine rings is 2. The number of fused-ring (bicyclic) bond motifs is 3. The van der Waals surface area contributed by atoms with Gasteiger partial charge in [-0.15, -0.1) is 0 Å². The molecule has 0 aromatic rings. The fraction of sp³-hybridized carbons (Fsp3) is 0.846. The molecule has 5 fully saturated rings. The monoisotopic (exact) mass is 490 g/mol. The Morgan fingerprint density at radius 3 is 2.63 bits per heavy atom. The number of primary amides is 1. The van der Waals surface area contributed by atoms with Gasteiger partial charge in [-0.25, -0.2) is 4.39 Å². The van der Waals surface area contributed by atoms with E-state index in [1.165, 1.54) is 25.7 Å². The minimum absolute atomic E-state index is 0.0105. The van der Waals surface area contributed by atoms with Crippen molar-refractivity contribution >= 4 is 11.7 Å². The summed E-state index contributed by atoms with van der Waals surface area (Å²) in [5.41, 5.74) is 5.65. The largest absolute Gasteiger partial charge is 0.379 e. The molecule has 3 saturated carbocycles. The summed E-state index contributed by atoms with van der Waals surface area (Å²) < 4.78 is 27.9. The highest BCUT2D eigenvalue weighted by atomic mass is 19.1. The zero-order valence-corrected chi connectivity index (χ0v) is 20.4. The van der Waals surface area contributed by atoms with Crippen molar-refractivity contribution in [1.82, 2.24) is 15.1 Å². The van der Waals surface area contributed by atoms with E-state index in [1.807, 2.05) is 0 Å². The maximum Gasteiger partial charge on any atom is 0.253 e. The predicted octanol–water partition coefficient (Wildman–Crippen LogP) is 0.994. The van der Waals surface area contributed by atoms with Gasteiger partial charge < -0.3 is 25.4 Å². The SMILES string of the molecule is NC(=O)C1=CN2C3CC4CCCCC4CC3OC3C(NCCN4CCOCC4)C(F)CC(C1=O)C32. The average molecular weight is 491 g/mol. The number of halogens is 1. The second-order valence-electron chi connectivity index (χ2n) is 11.5. The lowest BCUT2D eigenvalue weighted by molar-refractivity contribution is -0.208. The van der Waals surface area contributed by atoms with Crippen molar-refractivity contribution in [2.45, 2.75) is 81.5 Å². The number of carbonyl (C=O) groups is 2. The maximum absolute atomic E-state index is 15.7. The molecule has 3 aliphatic carbocycles. The molecule has 0 radical (unpaired) electrons. The van der Waals surface area contributed by atoms with Gasteiger partial charge in [0.1, 0.15) is 6.17 Å². The number of hydrogen-bond donors (Lipinski definition) is 2. The first-order valence-corrected chi connectivity index (χ1v) is 13.7. The molecule has 9 atom stereocenters. The maximum atomic E-state index is 15.7. The van der Waals surface area contributed by atoms with Gasteiger partial charge in [-0.1, -0.05) is 25.7 Å². The van der Waals surface area contributed by atoms with Gasteiger partial charge in [-0.2, -0.15) is 0 Å². The Balaban J connectivity index is 1.26. The number of Topliss-reactive ketones (excluding diaryl/α,β-unsaturated/α-hetero) is 1. The molecule has 0 spiro atoms. The smallest absolute Gasteiger partial charge is 0.253 e. The van der Waals surface area contributed by atoms with Gasteiger partial charge in [0.05, 0.1) is 49.1 Å². The summed E-state index contributed by atoms with van der Waals surface area (Å²) in [6.07, 6.45) is 7.17. The summed E-state index contributed by atoms with van der Waals surface area (Å²) in [5, 5.41) is 3.48. The van der Waals surface area contributed by atoms with Crippen LogP contribution >= 0.6 is 0 Å². The molecule has 35 heavy (non-hydrogen) atoms. The molecule has 0 aromatic heterocycles. The van der Waals surface area contributed by atoms with Crippen LogP contribution in [0.2, 0.25) is 0 Å². The fourth-order valence-corrected chi connectivity index (χ4v) is 7.92. The molecule has 3 N–H and O–H groups in total. The Morgan fingerprint density at radius 2 is 1.89 bits per heavy atom. The lowest BCUT2D eigenvalue weighted by Crippen LogP contribution is -2.73. The van der Waals surface area contributed by atoms with E-state index in [0.29, 0.717) is 18.4 Å². The van der Waals surface area contributed by atoms with Crippen LogP contribution in [0.25, 0.3) is 0 Å². The number of ether oxygens (including phenoxy) is 2. The molecule has 6 aliphatic rings. The number of nitrogens with one attached hydrogen (secondary N) is 1. The number of nitrogens with two attached hydrogens (primary N) is 1. The number of hydrogen-bond acceptors (Lipinski definition) is 7. The summed E-state index contributed by atoms with van der Waals surface area (Å²) in [6, 6.07) is -0.605. The van der Waals surface area contributed by atoms with Crippen LogP contribution < -0.4 is 11.1 Å². The predicted molar refractivity (Wildman–Crippen MR) is 127 cm³/mol. The summed E-state index contributed by atoms with van der Waals surface area (Å²) in [5.74, 6) is -0.301. The van der Waals surface area contributed by atoms with Crippen molar-refractivity contribution in [2.24, 2.45) is 23.5 Å². The molecule has 2 saturated heterocycles. The van der Waals surface area contributed by atoms with Gasteiger partial charge in [-0.3, -0.25) is 14.5 Å². The third kappa shape index (κ3) is 4.32. The van der Waals surface area contributed by atoms with E-state index in [4.69, 9.17) is 15.2 Å². The molecule has 0 bridgehead atoms. The topological polar surface area (TPSA) is 97.1 Å². The first kappa shape index (κ1) is 23.8. The molecule has 3 aliphatic heterocycles. The third-order valence-electron chi connectivity index (χ3n) is 9.66. The van der Waals surface area contributed by atoms with Crippen LogP contribution in [-0.4, -0.2) is 97.4 Å². The molecule has 8 nitrogen and oxygen atoms in total. The van der Waals surface area contributed by atoms with Gasteiger partial charge in [0.25, 0.3) is 5.91 Å². The Bertz CT molecular complexity index is 864. The highest BCUT2D eigenvalue weighted by Gasteiger charge is 2.59. The van der Waals surface area contributed by atoms with Gasteiger partial charge in [-0.05, 0) is 31.1 Å². The summed E-state index contributed by atoms with van der Waals surface area (Å²) >= 11 is 0. The van der Waals surface area contributed by atoms with Crippen molar-refractivity contribution in [3.8, 4) is 0 Å². The van der Waals surface area contributed by atoms with Crippen LogP contribution in [0.1, 0.15) is 44.9 Å². The first-order chi connectivity index (χ1) is 17.0. The van der Waals surface area contributed by atoms with Gasteiger partial charge in [0, 0.05) is 38.3 Å². The second kappa shape index (κ2) is 9.72. The van der Waals surface area contributed by atoms with Crippen LogP contribution in [-0.2, 0) is 19.1 Å².